The lowest BCUT2D eigenvalue weighted by Crippen LogP contribution is -2.22. The number of nitrogens with zero attached hydrogens (tertiary/aromatic N) is 2. The first-order valence-electron chi connectivity index (χ1n) is 9.52. The van der Waals surface area contributed by atoms with Crippen molar-refractivity contribution in [2.45, 2.75) is 27.3 Å². The molecule has 0 spiro atoms. The van der Waals surface area contributed by atoms with Gasteiger partial charge in [-0.15, -0.1) is 0 Å². The number of carbonyl (C=O) groups excluding carboxylic acids is 1. The maximum Gasteiger partial charge on any atom is 0.251 e. The number of aryl methyl sites for hydroxylation is 3. The van der Waals surface area contributed by atoms with Crippen molar-refractivity contribution >= 4 is 28.5 Å². The van der Waals surface area contributed by atoms with Crippen LogP contribution in [0.5, 0.6) is 0 Å². The van der Waals surface area contributed by atoms with Crippen LogP contribution in [0.1, 0.15) is 32.9 Å². The Morgan fingerprint density at radius 2 is 1.72 bits per heavy atom. The first kappa shape index (κ1) is 19.2. The van der Waals surface area contributed by atoms with Crippen LogP contribution in [0.3, 0.4) is 0 Å². The Bertz CT molecular complexity index is 1210. The second kappa shape index (κ2) is 7.72. The van der Waals surface area contributed by atoms with E-state index in [2.05, 4.69) is 46.9 Å². The van der Waals surface area contributed by atoms with E-state index in [1.807, 2.05) is 49.4 Å². The van der Waals surface area contributed by atoms with E-state index >= 15 is 0 Å². The van der Waals surface area contributed by atoms with Crippen LogP contribution in [0, 0.1) is 20.8 Å². The molecule has 0 saturated heterocycles. The second-order valence-corrected chi connectivity index (χ2v) is 7.73. The first-order chi connectivity index (χ1) is 13.9. The number of rotatable bonds is 4. The number of nitrogens with one attached hydrogen (secondary N) is 1. The van der Waals surface area contributed by atoms with Crippen molar-refractivity contribution in [2.24, 2.45) is 0 Å². The number of hydrogen-bond acceptors (Lipinski definition) is 2. The maximum absolute atomic E-state index is 12.6. The van der Waals surface area contributed by atoms with Crippen molar-refractivity contribution in [3.63, 3.8) is 0 Å². The highest BCUT2D eigenvalue weighted by Crippen LogP contribution is 2.24. The molecule has 0 unspecified atom stereocenters. The average molecular weight is 404 g/mol. The van der Waals surface area contributed by atoms with Crippen LogP contribution < -0.4 is 5.32 Å². The lowest BCUT2D eigenvalue weighted by atomic mass is 10.1. The van der Waals surface area contributed by atoms with Gasteiger partial charge in [-0.2, -0.15) is 0 Å². The van der Waals surface area contributed by atoms with Gasteiger partial charge in [0.1, 0.15) is 5.82 Å². The van der Waals surface area contributed by atoms with Crippen LogP contribution in [-0.4, -0.2) is 15.5 Å². The zero-order valence-electron chi connectivity index (χ0n) is 16.7. The van der Waals surface area contributed by atoms with Gasteiger partial charge in [0.05, 0.1) is 11.0 Å². The Morgan fingerprint density at radius 3 is 2.45 bits per heavy atom. The molecular weight excluding hydrogens is 382 g/mol. The van der Waals surface area contributed by atoms with Gasteiger partial charge in [0, 0.05) is 22.8 Å². The number of fused-ring (bicyclic) bond motifs is 1. The summed E-state index contributed by atoms with van der Waals surface area (Å²) in [5.41, 5.74) is 6.74. The van der Waals surface area contributed by atoms with E-state index in [-0.39, 0.29) is 5.91 Å². The highest BCUT2D eigenvalue weighted by atomic mass is 35.5. The summed E-state index contributed by atoms with van der Waals surface area (Å²) >= 11 is 6.17. The molecular formula is C24H22ClN3O. The molecule has 3 aromatic carbocycles. The number of benzene rings is 3. The van der Waals surface area contributed by atoms with Crippen molar-refractivity contribution in [1.82, 2.24) is 14.9 Å². The molecule has 1 heterocycles. The third kappa shape index (κ3) is 3.89. The van der Waals surface area contributed by atoms with E-state index < -0.39 is 0 Å². The van der Waals surface area contributed by atoms with Crippen LogP contribution >= 0.6 is 11.6 Å². The largest absolute Gasteiger partial charge is 0.348 e. The molecule has 4 nitrogen and oxygen atoms in total. The lowest BCUT2D eigenvalue weighted by Gasteiger charge is -2.10. The molecule has 5 heteroatoms. The minimum Gasteiger partial charge on any atom is -0.348 e. The third-order valence-electron chi connectivity index (χ3n) is 4.95. The molecule has 146 valence electrons. The molecule has 0 aliphatic rings. The maximum atomic E-state index is 12.6. The van der Waals surface area contributed by atoms with E-state index in [0.29, 0.717) is 17.1 Å². The molecule has 1 aromatic heterocycles. The quantitative estimate of drug-likeness (QED) is 0.486. The molecule has 0 aliphatic carbocycles. The Labute approximate surface area is 175 Å². The van der Waals surface area contributed by atoms with Gasteiger partial charge in [-0.1, -0.05) is 35.9 Å². The summed E-state index contributed by atoms with van der Waals surface area (Å²) in [5.74, 6) is 0.740. The first-order valence-corrected chi connectivity index (χ1v) is 9.89. The van der Waals surface area contributed by atoms with Crippen molar-refractivity contribution < 1.29 is 4.79 Å². The van der Waals surface area contributed by atoms with Gasteiger partial charge in [0.25, 0.3) is 5.91 Å². The van der Waals surface area contributed by atoms with Crippen molar-refractivity contribution in [1.29, 1.82) is 0 Å². The fraction of sp³-hybridized carbons (Fsp3) is 0.167. The summed E-state index contributed by atoms with van der Waals surface area (Å²) in [4.78, 5) is 17.3. The lowest BCUT2D eigenvalue weighted by molar-refractivity contribution is 0.0951. The topological polar surface area (TPSA) is 46.9 Å². The summed E-state index contributed by atoms with van der Waals surface area (Å²) < 4.78 is 2.13. The van der Waals surface area contributed by atoms with Gasteiger partial charge in [0.2, 0.25) is 0 Å². The Hall–Kier alpha value is -3.11. The normalized spacial score (nSPS) is 11.0. The van der Waals surface area contributed by atoms with Crippen LogP contribution in [-0.2, 0) is 6.54 Å². The van der Waals surface area contributed by atoms with Crippen molar-refractivity contribution in [3.8, 4) is 5.69 Å². The van der Waals surface area contributed by atoms with Gasteiger partial charge in [-0.3, -0.25) is 9.36 Å². The van der Waals surface area contributed by atoms with Gasteiger partial charge in [0.15, 0.2) is 0 Å². The average Bonchev–Trinajstić information content (AvgIpc) is 3.01. The smallest absolute Gasteiger partial charge is 0.251 e. The molecule has 4 aromatic rings. The number of amides is 1. The molecule has 1 amide bonds. The van der Waals surface area contributed by atoms with Gasteiger partial charge in [-0.25, -0.2) is 4.98 Å². The van der Waals surface area contributed by atoms with Crippen LogP contribution in [0.2, 0.25) is 5.02 Å². The minimum absolute atomic E-state index is 0.148. The fourth-order valence-corrected chi connectivity index (χ4v) is 3.87. The predicted octanol–water partition coefficient (Wildman–Crippen LogP) is 5.53. The van der Waals surface area contributed by atoms with Crippen LogP contribution in [0.4, 0.5) is 0 Å². The van der Waals surface area contributed by atoms with E-state index in [9.17, 15) is 4.79 Å². The number of halogens is 1. The second-order valence-electron chi connectivity index (χ2n) is 7.32. The molecule has 4 rings (SSSR count). The molecule has 0 radical (unpaired) electrons. The fourth-order valence-electron chi connectivity index (χ4n) is 3.67. The van der Waals surface area contributed by atoms with Crippen LogP contribution in [0.25, 0.3) is 16.7 Å². The number of carbonyl (C=O) groups is 1. The Balaban J connectivity index is 1.63. The van der Waals surface area contributed by atoms with E-state index in [0.717, 1.165) is 28.1 Å². The van der Waals surface area contributed by atoms with Crippen LogP contribution in [0.15, 0.2) is 60.7 Å². The summed E-state index contributed by atoms with van der Waals surface area (Å²) in [6.45, 7) is 6.54. The Morgan fingerprint density at radius 1 is 1.00 bits per heavy atom. The predicted molar refractivity (Wildman–Crippen MR) is 118 cm³/mol. The summed E-state index contributed by atoms with van der Waals surface area (Å²) in [6.07, 6.45) is 0. The Kier molecular flexibility index (Phi) is 5.12. The van der Waals surface area contributed by atoms with Gasteiger partial charge >= 0.3 is 0 Å². The number of hydrogen-bond donors (Lipinski definition) is 1. The molecule has 29 heavy (non-hydrogen) atoms. The molecule has 0 aliphatic heterocycles. The number of imidazole rings is 1. The van der Waals surface area contributed by atoms with E-state index in [1.165, 1.54) is 11.1 Å². The van der Waals surface area contributed by atoms with Gasteiger partial charge < -0.3 is 5.32 Å². The molecule has 0 bridgehead atoms. The minimum atomic E-state index is -0.148. The third-order valence-corrected chi connectivity index (χ3v) is 5.31. The molecule has 0 atom stereocenters. The standard InChI is InChI=1S/C24H22ClN3O/c1-15-10-16(2)12-20(11-15)28-17(3)27-22-13-18(8-9-23(22)28)24(29)26-14-19-6-4-5-7-21(19)25/h4-13H,14H2,1-3H3,(H,26,29). The van der Waals surface area contributed by atoms with E-state index in [1.54, 1.807) is 0 Å². The summed E-state index contributed by atoms with van der Waals surface area (Å²) in [5, 5.41) is 3.58. The molecule has 0 saturated carbocycles. The zero-order valence-corrected chi connectivity index (χ0v) is 17.4. The van der Waals surface area contributed by atoms with Crippen molar-refractivity contribution in [3.05, 3.63) is 93.8 Å². The highest BCUT2D eigenvalue weighted by molar-refractivity contribution is 6.31. The molecule has 0 fully saturated rings. The highest BCUT2D eigenvalue weighted by Gasteiger charge is 2.13. The van der Waals surface area contributed by atoms with Crippen molar-refractivity contribution in [2.75, 3.05) is 0 Å². The SMILES string of the molecule is Cc1cc(C)cc(-n2c(C)nc3cc(C(=O)NCc4ccccc4Cl)ccc32)c1. The number of aromatic nitrogens is 2. The zero-order chi connectivity index (χ0) is 20.5. The van der Waals surface area contributed by atoms with Gasteiger partial charge in [-0.05, 0) is 73.9 Å². The monoisotopic (exact) mass is 403 g/mol. The van der Waals surface area contributed by atoms with E-state index in [4.69, 9.17) is 11.6 Å². The summed E-state index contributed by atoms with van der Waals surface area (Å²) in [7, 11) is 0. The summed E-state index contributed by atoms with van der Waals surface area (Å²) in [6, 6.07) is 19.6. The molecule has 1 N–H and O–H groups in total.